The van der Waals surface area contributed by atoms with Crippen LogP contribution < -0.4 is 10.1 Å². The van der Waals surface area contributed by atoms with E-state index in [0.29, 0.717) is 0 Å². The summed E-state index contributed by atoms with van der Waals surface area (Å²) in [6.45, 7) is 5.17. The van der Waals surface area contributed by atoms with E-state index in [1.807, 2.05) is 13.1 Å². The van der Waals surface area contributed by atoms with Gasteiger partial charge in [0, 0.05) is 16.5 Å². The molecule has 2 heterocycles. The number of halogens is 1. The van der Waals surface area contributed by atoms with Crippen LogP contribution in [0.4, 0.5) is 0 Å². The highest BCUT2D eigenvalue weighted by Crippen LogP contribution is 2.40. The number of furan rings is 1. The van der Waals surface area contributed by atoms with E-state index in [4.69, 9.17) is 9.15 Å². The number of nitrogens with one attached hydrogen (secondary N) is 1. The number of hydrogen-bond acceptors (Lipinski definition) is 3. The first-order valence-electron chi connectivity index (χ1n) is 6.70. The summed E-state index contributed by atoms with van der Waals surface area (Å²) in [7, 11) is 1.96. The van der Waals surface area contributed by atoms with Crippen LogP contribution in [-0.2, 0) is 5.41 Å². The summed E-state index contributed by atoms with van der Waals surface area (Å²) in [5.74, 6) is 1.000. The van der Waals surface area contributed by atoms with Crippen LogP contribution >= 0.6 is 15.9 Å². The lowest BCUT2D eigenvalue weighted by atomic mass is 9.85. The molecule has 1 N–H and O–H groups in total. The average molecular weight is 336 g/mol. The summed E-state index contributed by atoms with van der Waals surface area (Å²) in [4.78, 5) is 0. The Morgan fingerprint density at radius 2 is 2.10 bits per heavy atom. The van der Waals surface area contributed by atoms with Crippen LogP contribution in [0.25, 0.3) is 0 Å². The molecule has 0 spiro atoms. The smallest absolute Gasteiger partial charge is 0.174 e. The van der Waals surface area contributed by atoms with Crippen molar-refractivity contribution < 1.29 is 9.15 Å². The molecule has 0 amide bonds. The zero-order valence-electron chi connectivity index (χ0n) is 11.9. The first-order chi connectivity index (χ1) is 9.53. The largest absolute Gasteiger partial charge is 0.492 e. The Morgan fingerprint density at radius 3 is 2.75 bits per heavy atom. The molecule has 2 aromatic rings. The van der Waals surface area contributed by atoms with Gasteiger partial charge in [0.25, 0.3) is 0 Å². The normalized spacial score (nSPS) is 17.6. The Hall–Kier alpha value is -1.26. The van der Waals surface area contributed by atoms with Crippen molar-refractivity contribution in [2.45, 2.75) is 25.3 Å². The molecule has 1 aromatic heterocycles. The molecular weight excluding hydrogens is 318 g/mol. The fraction of sp³-hybridized carbons (Fsp3) is 0.375. The van der Waals surface area contributed by atoms with Gasteiger partial charge in [0.2, 0.25) is 0 Å². The topological polar surface area (TPSA) is 34.4 Å². The molecule has 1 aromatic carbocycles. The van der Waals surface area contributed by atoms with Gasteiger partial charge in [-0.3, -0.25) is 0 Å². The van der Waals surface area contributed by atoms with E-state index in [2.05, 4.69) is 53.3 Å². The average Bonchev–Trinajstić information content (AvgIpc) is 2.96. The van der Waals surface area contributed by atoms with Gasteiger partial charge in [0.1, 0.15) is 5.75 Å². The maximum atomic E-state index is 5.75. The Morgan fingerprint density at radius 1 is 1.30 bits per heavy atom. The molecule has 3 nitrogen and oxygen atoms in total. The van der Waals surface area contributed by atoms with E-state index < -0.39 is 0 Å². The van der Waals surface area contributed by atoms with Crippen molar-refractivity contribution in [2.24, 2.45) is 0 Å². The Labute approximate surface area is 127 Å². The SMILES string of the molecule is CNC(c1ccc2c(c1)C(C)(C)CO2)c1ccoc1Br. The Balaban J connectivity index is 2.04. The number of benzene rings is 1. The molecule has 0 radical (unpaired) electrons. The second-order valence-corrected chi connectivity index (χ2v) is 6.52. The second kappa shape index (κ2) is 4.93. The van der Waals surface area contributed by atoms with Crippen LogP contribution in [0.15, 0.2) is 39.6 Å². The summed E-state index contributed by atoms with van der Waals surface area (Å²) >= 11 is 3.46. The van der Waals surface area contributed by atoms with Gasteiger partial charge in [-0.25, -0.2) is 0 Å². The molecular formula is C16H18BrNO2. The molecule has 3 rings (SSSR count). The summed E-state index contributed by atoms with van der Waals surface area (Å²) in [6, 6.07) is 8.51. The molecule has 1 atom stereocenters. The van der Waals surface area contributed by atoms with E-state index in [9.17, 15) is 0 Å². The highest BCUT2D eigenvalue weighted by molar-refractivity contribution is 9.10. The Kier molecular flexibility index (Phi) is 3.38. The van der Waals surface area contributed by atoms with Gasteiger partial charge in [0.05, 0.1) is 18.9 Å². The third-order valence-corrected chi connectivity index (χ3v) is 4.55. The lowest BCUT2D eigenvalue weighted by Crippen LogP contribution is -2.20. The first kappa shape index (κ1) is 13.7. The van der Waals surface area contributed by atoms with Crippen molar-refractivity contribution in [3.05, 3.63) is 51.9 Å². The standard InChI is InChI=1S/C16H18BrNO2/c1-16(2)9-20-13-5-4-10(8-12(13)16)14(18-3)11-6-7-19-15(11)17/h4-8,14,18H,9H2,1-3H3. The van der Waals surface area contributed by atoms with Crippen LogP contribution in [0.5, 0.6) is 5.75 Å². The van der Waals surface area contributed by atoms with Gasteiger partial charge >= 0.3 is 0 Å². The summed E-state index contributed by atoms with van der Waals surface area (Å²) in [6.07, 6.45) is 1.70. The van der Waals surface area contributed by atoms with Gasteiger partial charge in [-0.1, -0.05) is 19.9 Å². The van der Waals surface area contributed by atoms with Crippen molar-refractivity contribution in [3.8, 4) is 5.75 Å². The maximum Gasteiger partial charge on any atom is 0.174 e. The molecule has 1 unspecified atom stereocenters. The molecule has 1 aliphatic rings. The van der Waals surface area contributed by atoms with Crippen molar-refractivity contribution in [2.75, 3.05) is 13.7 Å². The molecule has 0 bridgehead atoms. The molecule has 4 heteroatoms. The lowest BCUT2D eigenvalue weighted by Gasteiger charge is -2.20. The molecule has 20 heavy (non-hydrogen) atoms. The highest BCUT2D eigenvalue weighted by atomic mass is 79.9. The third kappa shape index (κ3) is 2.17. The highest BCUT2D eigenvalue weighted by Gasteiger charge is 2.32. The Bertz CT molecular complexity index is 633. The number of rotatable bonds is 3. The van der Waals surface area contributed by atoms with Crippen LogP contribution in [-0.4, -0.2) is 13.7 Å². The number of hydrogen-bond donors (Lipinski definition) is 1. The molecule has 0 aliphatic carbocycles. The summed E-state index contributed by atoms with van der Waals surface area (Å²) < 4.78 is 11.9. The fourth-order valence-corrected chi connectivity index (χ4v) is 3.20. The minimum Gasteiger partial charge on any atom is -0.492 e. The monoisotopic (exact) mass is 335 g/mol. The van der Waals surface area contributed by atoms with Crippen LogP contribution in [0, 0.1) is 0 Å². The molecule has 0 fully saturated rings. The summed E-state index contributed by atoms with van der Waals surface area (Å²) in [5, 5.41) is 3.35. The maximum absolute atomic E-state index is 5.75. The molecule has 0 saturated heterocycles. The van der Waals surface area contributed by atoms with E-state index in [0.717, 1.165) is 22.6 Å². The zero-order valence-corrected chi connectivity index (χ0v) is 13.5. The van der Waals surface area contributed by atoms with Gasteiger partial charge in [-0.15, -0.1) is 0 Å². The van der Waals surface area contributed by atoms with E-state index in [-0.39, 0.29) is 11.5 Å². The zero-order chi connectivity index (χ0) is 14.3. The quantitative estimate of drug-likeness (QED) is 0.919. The minimum absolute atomic E-state index is 0.0667. The molecule has 106 valence electrons. The van der Waals surface area contributed by atoms with Crippen molar-refractivity contribution >= 4 is 15.9 Å². The van der Waals surface area contributed by atoms with Crippen molar-refractivity contribution in [1.82, 2.24) is 5.32 Å². The van der Waals surface area contributed by atoms with Crippen molar-refractivity contribution in [1.29, 1.82) is 0 Å². The first-order valence-corrected chi connectivity index (χ1v) is 7.49. The van der Waals surface area contributed by atoms with Gasteiger partial charge in [-0.05, 0) is 46.7 Å². The van der Waals surface area contributed by atoms with Crippen LogP contribution in [0.2, 0.25) is 0 Å². The minimum atomic E-state index is 0.0667. The van der Waals surface area contributed by atoms with E-state index in [1.165, 1.54) is 11.1 Å². The van der Waals surface area contributed by atoms with E-state index in [1.54, 1.807) is 6.26 Å². The van der Waals surface area contributed by atoms with Crippen LogP contribution in [0.3, 0.4) is 0 Å². The lowest BCUT2D eigenvalue weighted by molar-refractivity contribution is 0.291. The van der Waals surface area contributed by atoms with Crippen LogP contribution in [0.1, 0.15) is 36.6 Å². The molecule has 1 aliphatic heterocycles. The van der Waals surface area contributed by atoms with Gasteiger partial charge in [0.15, 0.2) is 4.67 Å². The predicted octanol–water partition coefficient (Wildman–Crippen LogP) is 4.02. The number of fused-ring (bicyclic) bond motifs is 1. The van der Waals surface area contributed by atoms with Gasteiger partial charge in [-0.2, -0.15) is 0 Å². The van der Waals surface area contributed by atoms with E-state index >= 15 is 0 Å². The van der Waals surface area contributed by atoms with Crippen molar-refractivity contribution in [3.63, 3.8) is 0 Å². The second-order valence-electron chi connectivity index (χ2n) is 5.80. The molecule has 0 saturated carbocycles. The fourth-order valence-electron chi connectivity index (χ4n) is 2.73. The number of ether oxygens (including phenoxy) is 1. The third-order valence-electron chi connectivity index (χ3n) is 3.90. The predicted molar refractivity (Wildman–Crippen MR) is 82.3 cm³/mol. The summed E-state index contributed by atoms with van der Waals surface area (Å²) in [5.41, 5.74) is 3.66. The van der Waals surface area contributed by atoms with Gasteiger partial charge < -0.3 is 14.5 Å².